The lowest BCUT2D eigenvalue weighted by Gasteiger charge is -2.09. The Morgan fingerprint density at radius 3 is 2.88 bits per heavy atom. The van der Waals surface area contributed by atoms with Crippen LogP contribution in [0.3, 0.4) is 0 Å². The standard InChI is InChI=1S/C17H17N3O3S2/c1-9-4-5-13(21)12(6-9)18-14(22)8-24-17-19-15-11(7-10(2)25-15)16(23)20(17)3/h4-7,21H,8H2,1-3H3,(H,18,22). The minimum absolute atomic E-state index is 0.0185. The van der Waals surface area contributed by atoms with Crippen LogP contribution in [-0.2, 0) is 11.8 Å². The molecule has 2 aromatic heterocycles. The van der Waals surface area contributed by atoms with Gasteiger partial charge in [0.25, 0.3) is 5.56 Å². The molecule has 0 aliphatic rings. The maximum atomic E-state index is 12.4. The van der Waals surface area contributed by atoms with E-state index in [1.54, 1.807) is 19.2 Å². The molecular weight excluding hydrogens is 358 g/mol. The molecule has 8 heteroatoms. The minimum Gasteiger partial charge on any atom is -0.506 e. The molecule has 130 valence electrons. The molecule has 0 fully saturated rings. The van der Waals surface area contributed by atoms with Crippen LogP contribution in [0.5, 0.6) is 5.75 Å². The van der Waals surface area contributed by atoms with E-state index in [0.29, 0.717) is 21.1 Å². The van der Waals surface area contributed by atoms with Crippen LogP contribution in [0.1, 0.15) is 10.4 Å². The highest BCUT2D eigenvalue weighted by Gasteiger charge is 2.13. The van der Waals surface area contributed by atoms with Gasteiger partial charge in [-0.3, -0.25) is 14.2 Å². The third-order valence-electron chi connectivity index (χ3n) is 3.61. The summed E-state index contributed by atoms with van der Waals surface area (Å²) in [4.78, 5) is 30.7. The van der Waals surface area contributed by atoms with Gasteiger partial charge in [-0.1, -0.05) is 17.8 Å². The number of aryl methyl sites for hydroxylation is 2. The number of anilines is 1. The third kappa shape index (κ3) is 3.69. The zero-order valence-corrected chi connectivity index (χ0v) is 15.6. The smallest absolute Gasteiger partial charge is 0.262 e. The monoisotopic (exact) mass is 375 g/mol. The Morgan fingerprint density at radius 2 is 2.12 bits per heavy atom. The van der Waals surface area contributed by atoms with Crippen LogP contribution in [-0.4, -0.2) is 26.3 Å². The molecule has 1 amide bonds. The molecule has 0 aliphatic heterocycles. The summed E-state index contributed by atoms with van der Waals surface area (Å²) in [5, 5.41) is 13.6. The van der Waals surface area contributed by atoms with E-state index in [1.807, 2.05) is 19.9 Å². The van der Waals surface area contributed by atoms with Gasteiger partial charge >= 0.3 is 0 Å². The number of amides is 1. The first-order valence-electron chi connectivity index (χ1n) is 7.54. The molecule has 2 N–H and O–H groups in total. The highest BCUT2D eigenvalue weighted by atomic mass is 32.2. The summed E-state index contributed by atoms with van der Waals surface area (Å²) in [6.45, 7) is 3.81. The number of hydrogen-bond donors (Lipinski definition) is 2. The van der Waals surface area contributed by atoms with Crippen LogP contribution in [0, 0.1) is 13.8 Å². The van der Waals surface area contributed by atoms with Crippen molar-refractivity contribution in [1.29, 1.82) is 0 Å². The number of carbonyl (C=O) groups is 1. The summed E-state index contributed by atoms with van der Waals surface area (Å²) in [5.41, 5.74) is 1.19. The average molecular weight is 375 g/mol. The number of thioether (sulfide) groups is 1. The van der Waals surface area contributed by atoms with Gasteiger partial charge in [0.05, 0.1) is 16.8 Å². The SMILES string of the molecule is Cc1ccc(O)c(NC(=O)CSc2nc3sc(C)cc3c(=O)n2C)c1. The van der Waals surface area contributed by atoms with Gasteiger partial charge in [0.1, 0.15) is 10.6 Å². The molecule has 0 radical (unpaired) electrons. The zero-order valence-electron chi connectivity index (χ0n) is 14.0. The summed E-state index contributed by atoms with van der Waals surface area (Å²) in [6.07, 6.45) is 0. The normalized spacial score (nSPS) is 11.0. The van der Waals surface area contributed by atoms with E-state index in [1.165, 1.54) is 33.7 Å². The van der Waals surface area contributed by atoms with Gasteiger partial charge < -0.3 is 10.4 Å². The molecule has 1 aromatic carbocycles. The number of hydrogen-bond acceptors (Lipinski definition) is 6. The van der Waals surface area contributed by atoms with Crippen molar-refractivity contribution in [3.8, 4) is 5.75 Å². The Bertz CT molecular complexity index is 1020. The third-order valence-corrected chi connectivity index (χ3v) is 5.59. The van der Waals surface area contributed by atoms with E-state index in [-0.39, 0.29) is 23.0 Å². The molecule has 3 rings (SSSR count). The van der Waals surface area contributed by atoms with Crippen LogP contribution < -0.4 is 10.9 Å². The number of nitrogens with one attached hydrogen (secondary N) is 1. The molecule has 0 saturated carbocycles. The lowest BCUT2D eigenvalue weighted by molar-refractivity contribution is -0.113. The van der Waals surface area contributed by atoms with E-state index in [4.69, 9.17) is 0 Å². The van der Waals surface area contributed by atoms with E-state index < -0.39 is 0 Å². The molecule has 0 saturated heterocycles. The molecule has 0 spiro atoms. The van der Waals surface area contributed by atoms with Gasteiger partial charge in [-0.25, -0.2) is 4.98 Å². The topological polar surface area (TPSA) is 84.2 Å². The molecular formula is C17H17N3O3S2. The number of thiophene rings is 1. The fourth-order valence-electron chi connectivity index (χ4n) is 2.36. The number of phenols is 1. The molecule has 0 aliphatic carbocycles. The van der Waals surface area contributed by atoms with E-state index in [2.05, 4.69) is 10.3 Å². The Morgan fingerprint density at radius 1 is 1.36 bits per heavy atom. The minimum atomic E-state index is -0.275. The summed E-state index contributed by atoms with van der Waals surface area (Å²) in [5.74, 6) is -0.170. The van der Waals surface area contributed by atoms with Crippen LogP contribution >= 0.6 is 23.1 Å². The van der Waals surface area contributed by atoms with Crippen LogP contribution in [0.4, 0.5) is 5.69 Å². The molecule has 0 bridgehead atoms. The van der Waals surface area contributed by atoms with Crippen molar-refractivity contribution in [1.82, 2.24) is 9.55 Å². The second kappa shape index (κ2) is 6.89. The first kappa shape index (κ1) is 17.5. The number of fused-ring (bicyclic) bond motifs is 1. The molecule has 6 nitrogen and oxygen atoms in total. The van der Waals surface area contributed by atoms with Gasteiger partial charge in [-0.05, 0) is 37.6 Å². The van der Waals surface area contributed by atoms with Crippen LogP contribution in [0.25, 0.3) is 10.2 Å². The van der Waals surface area contributed by atoms with Crippen LogP contribution in [0.15, 0.2) is 34.2 Å². The fraction of sp³-hybridized carbons (Fsp3) is 0.235. The van der Waals surface area contributed by atoms with Crippen molar-refractivity contribution in [2.45, 2.75) is 19.0 Å². The van der Waals surface area contributed by atoms with E-state index >= 15 is 0 Å². The number of phenolic OH excluding ortho intramolecular Hbond substituents is 1. The number of benzene rings is 1. The number of aromatic nitrogens is 2. The number of aromatic hydroxyl groups is 1. The predicted octanol–water partition coefficient (Wildman–Crippen LogP) is 3.05. The van der Waals surface area contributed by atoms with Crippen molar-refractivity contribution in [3.05, 3.63) is 45.1 Å². The number of carbonyl (C=O) groups excluding carboxylic acids is 1. The first-order valence-corrected chi connectivity index (χ1v) is 9.35. The zero-order chi connectivity index (χ0) is 18.1. The van der Waals surface area contributed by atoms with Crippen molar-refractivity contribution in [2.75, 3.05) is 11.1 Å². The van der Waals surface area contributed by atoms with Crippen LogP contribution in [0.2, 0.25) is 0 Å². The van der Waals surface area contributed by atoms with Crippen molar-refractivity contribution in [2.24, 2.45) is 7.05 Å². The van der Waals surface area contributed by atoms with Crippen molar-refractivity contribution >= 4 is 44.9 Å². The summed E-state index contributed by atoms with van der Waals surface area (Å²) < 4.78 is 1.45. The molecule has 2 heterocycles. The summed E-state index contributed by atoms with van der Waals surface area (Å²) >= 11 is 2.65. The van der Waals surface area contributed by atoms with Gasteiger partial charge in [-0.2, -0.15) is 0 Å². The number of nitrogens with zero attached hydrogens (tertiary/aromatic N) is 2. The van der Waals surface area contributed by atoms with Gasteiger partial charge in [0.15, 0.2) is 5.16 Å². The Kier molecular flexibility index (Phi) is 4.82. The van der Waals surface area contributed by atoms with Crippen molar-refractivity contribution < 1.29 is 9.90 Å². The second-order valence-corrected chi connectivity index (χ2v) is 7.87. The molecule has 25 heavy (non-hydrogen) atoms. The highest BCUT2D eigenvalue weighted by Crippen LogP contribution is 2.26. The quantitative estimate of drug-likeness (QED) is 0.416. The Labute approximate surface area is 152 Å². The van der Waals surface area contributed by atoms with Gasteiger partial charge in [0.2, 0.25) is 5.91 Å². The average Bonchev–Trinajstić information content (AvgIpc) is 2.93. The molecule has 0 unspecified atom stereocenters. The lowest BCUT2D eigenvalue weighted by atomic mass is 10.2. The maximum Gasteiger partial charge on any atom is 0.262 e. The van der Waals surface area contributed by atoms with Gasteiger partial charge in [0, 0.05) is 11.9 Å². The largest absolute Gasteiger partial charge is 0.506 e. The first-order chi connectivity index (χ1) is 11.8. The second-order valence-electron chi connectivity index (χ2n) is 5.69. The maximum absolute atomic E-state index is 12.4. The van der Waals surface area contributed by atoms with E-state index in [0.717, 1.165) is 10.4 Å². The predicted molar refractivity (Wildman–Crippen MR) is 102 cm³/mol. The number of rotatable bonds is 4. The summed E-state index contributed by atoms with van der Waals surface area (Å²) in [6, 6.07) is 6.83. The Hall–Kier alpha value is -2.32. The lowest BCUT2D eigenvalue weighted by Crippen LogP contribution is -2.20. The highest BCUT2D eigenvalue weighted by molar-refractivity contribution is 7.99. The van der Waals surface area contributed by atoms with E-state index in [9.17, 15) is 14.7 Å². The van der Waals surface area contributed by atoms with Crippen molar-refractivity contribution in [3.63, 3.8) is 0 Å². The molecule has 3 aromatic rings. The van der Waals surface area contributed by atoms with Gasteiger partial charge in [-0.15, -0.1) is 11.3 Å². The Balaban J connectivity index is 1.76. The summed E-state index contributed by atoms with van der Waals surface area (Å²) in [7, 11) is 1.65. The fourth-order valence-corrected chi connectivity index (χ4v) is 4.06. The molecule has 0 atom stereocenters.